The number of rotatable bonds is 5. The highest BCUT2D eigenvalue weighted by Crippen LogP contribution is 2.21. The van der Waals surface area contributed by atoms with Crippen LogP contribution in [0, 0.1) is 18.6 Å². The van der Waals surface area contributed by atoms with Gasteiger partial charge < -0.3 is 5.32 Å². The normalized spacial score (nSPS) is 12.7. The maximum atomic E-state index is 13.8. The molecule has 0 saturated heterocycles. The van der Waals surface area contributed by atoms with E-state index in [1.54, 1.807) is 6.92 Å². The summed E-state index contributed by atoms with van der Waals surface area (Å²) in [5, 5.41) is 11.2. The molecule has 0 aliphatic carbocycles. The average Bonchev–Trinajstić information content (AvgIpc) is 2.78. The van der Waals surface area contributed by atoms with Crippen LogP contribution in [0.3, 0.4) is 0 Å². The Morgan fingerprint density at radius 3 is 2.55 bits per heavy atom. The number of nitrogens with one attached hydrogen (secondary N) is 1. The van der Waals surface area contributed by atoms with Crippen molar-refractivity contribution in [3.63, 3.8) is 0 Å². The number of benzene rings is 1. The van der Waals surface area contributed by atoms with Gasteiger partial charge in [-0.3, -0.25) is 0 Å². The predicted molar refractivity (Wildman–Crippen MR) is 72.7 cm³/mol. The van der Waals surface area contributed by atoms with Gasteiger partial charge in [0.05, 0.1) is 11.7 Å². The van der Waals surface area contributed by atoms with Crippen LogP contribution in [0.5, 0.6) is 0 Å². The van der Waals surface area contributed by atoms with Gasteiger partial charge in [-0.05, 0) is 38.9 Å². The van der Waals surface area contributed by atoms with E-state index in [1.807, 2.05) is 6.92 Å². The zero-order valence-corrected chi connectivity index (χ0v) is 11.8. The van der Waals surface area contributed by atoms with Crippen molar-refractivity contribution >= 4 is 0 Å². The molecule has 4 nitrogen and oxygen atoms in total. The number of halogens is 2. The fourth-order valence-corrected chi connectivity index (χ4v) is 2.10. The zero-order chi connectivity index (χ0) is 14.7. The van der Waals surface area contributed by atoms with Gasteiger partial charge in [-0.25, -0.2) is 13.5 Å². The Kier molecular flexibility index (Phi) is 4.44. The molecule has 0 saturated carbocycles. The molecular weight excluding hydrogens is 262 g/mol. The Morgan fingerprint density at radius 1 is 1.30 bits per heavy atom. The van der Waals surface area contributed by atoms with Crippen molar-refractivity contribution in [2.24, 2.45) is 0 Å². The van der Waals surface area contributed by atoms with Gasteiger partial charge in [-0.2, -0.15) is 0 Å². The highest BCUT2D eigenvalue weighted by Gasteiger charge is 2.19. The van der Waals surface area contributed by atoms with E-state index in [0.29, 0.717) is 11.4 Å². The first-order valence-electron chi connectivity index (χ1n) is 6.66. The van der Waals surface area contributed by atoms with Crippen molar-refractivity contribution in [3.8, 4) is 5.69 Å². The largest absolute Gasteiger partial charge is 0.309 e. The first kappa shape index (κ1) is 14.6. The SMILES string of the molecule is CCCNC(C)c1nnn(-c2c(F)cccc2F)c1C. The van der Waals surface area contributed by atoms with E-state index in [0.717, 1.165) is 13.0 Å². The highest BCUT2D eigenvalue weighted by molar-refractivity contribution is 5.36. The van der Waals surface area contributed by atoms with Gasteiger partial charge in [0.2, 0.25) is 0 Å². The van der Waals surface area contributed by atoms with Crippen molar-refractivity contribution in [1.82, 2.24) is 20.3 Å². The number of hydrogen-bond donors (Lipinski definition) is 1. The summed E-state index contributed by atoms with van der Waals surface area (Å²) in [5.74, 6) is -1.31. The van der Waals surface area contributed by atoms with Crippen molar-refractivity contribution in [2.75, 3.05) is 6.54 Å². The van der Waals surface area contributed by atoms with Crippen molar-refractivity contribution < 1.29 is 8.78 Å². The zero-order valence-electron chi connectivity index (χ0n) is 11.8. The molecule has 108 valence electrons. The second kappa shape index (κ2) is 6.09. The summed E-state index contributed by atoms with van der Waals surface area (Å²) in [5.41, 5.74) is 1.14. The molecule has 0 aliphatic rings. The van der Waals surface area contributed by atoms with Gasteiger partial charge >= 0.3 is 0 Å². The van der Waals surface area contributed by atoms with E-state index >= 15 is 0 Å². The minimum Gasteiger partial charge on any atom is -0.309 e. The Hall–Kier alpha value is -1.82. The third-order valence-corrected chi connectivity index (χ3v) is 3.19. The maximum Gasteiger partial charge on any atom is 0.151 e. The van der Waals surface area contributed by atoms with Crippen LogP contribution >= 0.6 is 0 Å². The van der Waals surface area contributed by atoms with Crippen molar-refractivity contribution in [1.29, 1.82) is 0 Å². The second-order valence-corrected chi connectivity index (χ2v) is 4.72. The summed E-state index contributed by atoms with van der Waals surface area (Å²) >= 11 is 0. The molecule has 2 rings (SSSR count). The van der Waals surface area contributed by atoms with E-state index in [-0.39, 0.29) is 11.7 Å². The number of aromatic nitrogens is 3. The lowest BCUT2D eigenvalue weighted by molar-refractivity contribution is 0.553. The topological polar surface area (TPSA) is 42.7 Å². The Labute approximate surface area is 116 Å². The fourth-order valence-electron chi connectivity index (χ4n) is 2.10. The molecule has 0 spiro atoms. The minimum atomic E-state index is -0.654. The summed E-state index contributed by atoms with van der Waals surface area (Å²) in [6.07, 6.45) is 0.999. The minimum absolute atomic E-state index is 0.0152. The third kappa shape index (κ3) is 2.70. The summed E-state index contributed by atoms with van der Waals surface area (Å²) < 4.78 is 28.8. The Morgan fingerprint density at radius 2 is 1.95 bits per heavy atom. The predicted octanol–water partition coefficient (Wildman–Crippen LogP) is 2.91. The van der Waals surface area contributed by atoms with E-state index in [1.165, 1.54) is 22.9 Å². The van der Waals surface area contributed by atoms with Crippen LogP contribution in [0.2, 0.25) is 0 Å². The van der Waals surface area contributed by atoms with Gasteiger partial charge in [0, 0.05) is 0 Å². The first-order chi connectivity index (χ1) is 9.56. The Balaban J connectivity index is 2.38. The van der Waals surface area contributed by atoms with Crippen molar-refractivity contribution in [3.05, 3.63) is 41.2 Å². The van der Waals surface area contributed by atoms with E-state index in [9.17, 15) is 8.78 Å². The van der Waals surface area contributed by atoms with Crippen LogP contribution in [-0.2, 0) is 0 Å². The number of hydrogen-bond acceptors (Lipinski definition) is 3. The van der Waals surface area contributed by atoms with Crippen LogP contribution in [-0.4, -0.2) is 21.5 Å². The second-order valence-electron chi connectivity index (χ2n) is 4.72. The van der Waals surface area contributed by atoms with Crippen LogP contribution in [0.1, 0.15) is 37.7 Å². The molecule has 1 heterocycles. The molecule has 0 amide bonds. The highest BCUT2D eigenvalue weighted by atomic mass is 19.1. The van der Waals surface area contributed by atoms with Gasteiger partial charge in [-0.15, -0.1) is 5.10 Å². The quantitative estimate of drug-likeness (QED) is 0.915. The van der Waals surface area contributed by atoms with E-state index in [4.69, 9.17) is 0 Å². The monoisotopic (exact) mass is 280 g/mol. The lowest BCUT2D eigenvalue weighted by Gasteiger charge is -2.11. The molecule has 1 aromatic heterocycles. The van der Waals surface area contributed by atoms with Gasteiger partial charge in [0.15, 0.2) is 11.6 Å². The standard InChI is InChI=1S/C14H18F2N4/c1-4-8-17-9(2)13-10(3)20(19-18-13)14-11(15)6-5-7-12(14)16/h5-7,9,17H,4,8H2,1-3H3. The van der Waals surface area contributed by atoms with Crippen LogP contribution in [0.4, 0.5) is 8.78 Å². The molecule has 1 atom stereocenters. The molecule has 6 heteroatoms. The summed E-state index contributed by atoms with van der Waals surface area (Å²) in [6.45, 7) is 6.62. The molecule has 20 heavy (non-hydrogen) atoms. The molecule has 0 radical (unpaired) electrons. The molecular formula is C14H18F2N4. The number of para-hydroxylation sites is 1. The van der Waals surface area contributed by atoms with Gasteiger partial charge in [-0.1, -0.05) is 18.2 Å². The summed E-state index contributed by atoms with van der Waals surface area (Å²) in [6, 6.07) is 3.72. The number of nitrogens with zero attached hydrogens (tertiary/aromatic N) is 3. The lowest BCUT2D eigenvalue weighted by Crippen LogP contribution is -2.20. The lowest BCUT2D eigenvalue weighted by atomic mass is 10.2. The smallest absolute Gasteiger partial charge is 0.151 e. The van der Waals surface area contributed by atoms with Crippen LogP contribution in [0.25, 0.3) is 5.69 Å². The molecule has 0 fully saturated rings. The first-order valence-corrected chi connectivity index (χ1v) is 6.66. The molecule has 0 bridgehead atoms. The Bertz CT molecular complexity index is 575. The average molecular weight is 280 g/mol. The fraction of sp³-hybridized carbons (Fsp3) is 0.429. The van der Waals surface area contributed by atoms with Crippen LogP contribution < -0.4 is 5.32 Å². The summed E-state index contributed by atoms with van der Waals surface area (Å²) in [7, 11) is 0. The van der Waals surface area contributed by atoms with E-state index < -0.39 is 11.6 Å². The molecule has 2 aromatic rings. The molecule has 1 N–H and O–H groups in total. The summed E-state index contributed by atoms with van der Waals surface area (Å²) in [4.78, 5) is 0. The molecule has 1 unspecified atom stereocenters. The van der Waals surface area contributed by atoms with Crippen LogP contribution in [0.15, 0.2) is 18.2 Å². The molecule has 0 aliphatic heterocycles. The van der Waals surface area contributed by atoms with Crippen molar-refractivity contribution in [2.45, 2.75) is 33.2 Å². The maximum absolute atomic E-state index is 13.8. The van der Waals surface area contributed by atoms with Gasteiger partial charge in [0.1, 0.15) is 11.4 Å². The third-order valence-electron chi connectivity index (χ3n) is 3.19. The van der Waals surface area contributed by atoms with Gasteiger partial charge in [0.25, 0.3) is 0 Å². The molecule has 1 aromatic carbocycles. The van der Waals surface area contributed by atoms with E-state index in [2.05, 4.69) is 22.6 Å².